The molecule has 190 valence electrons. The van der Waals surface area contributed by atoms with Crippen LogP contribution in [0, 0.1) is 0 Å². The summed E-state index contributed by atoms with van der Waals surface area (Å²) in [6.45, 7) is 2.72. The lowest BCUT2D eigenvalue weighted by molar-refractivity contribution is -0.148. The minimum Gasteiger partial charge on any atom is -0.486 e. The molecule has 0 aromatic heterocycles. The largest absolute Gasteiger partial charge is 0.486 e. The Hall–Kier alpha value is -3.23. The van der Waals surface area contributed by atoms with Gasteiger partial charge in [-0.3, -0.25) is 4.79 Å². The van der Waals surface area contributed by atoms with E-state index in [1.54, 1.807) is 18.2 Å². The molecule has 36 heavy (non-hydrogen) atoms. The number of benzene rings is 3. The summed E-state index contributed by atoms with van der Waals surface area (Å²) in [5.41, 5.74) is 1.22. The van der Waals surface area contributed by atoms with E-state index in [9.17, 15) is 18.7 Å². The number of likely N-dealkylation sites (tertiary alicyclic amines) is 1. The number of rotatable bonds is 9. The van der Waals surface area contributed by atoms with Crippen molar-refractivity contribution in [2.75, 3.05) is 32.8 Å². The molecule has 2 atom stereocenters. The molecule has 0 radical (unpaired) electrons. The second-order valence-corrected chi connectivity index (χ2v) is 9.47. The van der Waals surface area contributed by atoms with E-state index in [0.717, 1.165) is 35.8 Å². The molecule has 1 fully saturated rings. The Labute approximate surface area is 208 Å². The Kier molecular flexibility index (Phi) is 7.07. The molecule has 1 amide bonds. The summed E-state index contributed by atoms with van der Waals surface area (Å²) in [5, 5.41) is 15.5. The van der Waals surface area contributed by atoms with Crippen LogP contribution in [-0.4, -0.2) is 60.7 Å². The van der Waals surface area contributed by atoms with E-state index in [4.69, 9.17) is 9.47 Å². The van der Waals surface area contributed by atoms with E-state index >= 15 is 0 Å². The van der Waals surface area contributed by atoms with Crippen molar-refractivity contribution in [3.05, 3.63) is 71.8 Å². The van der Waals surface area contributed by atoms with Crippen LogP contribution in [0.15, 0.2) is 60.7 Å². The highest BCUT2D eigenvalue weighted by Gasteiger charge is 2.41. The number of halogens is 2. The average molecular weight is 497 g/mol. The summed E-state index contributed by atoms with van der Waals surface area (Å²) in [5.74, 6) is -3.88. The van der Waals surface area contributed by atoms with Gasteiger partial charge in [0.05, 0.1) is 6.04 Å². The van der Waals surface area contributed by atoms with Gasteiger partial charge >= 0.3 is 5.92 Å². The van der Waals surface area contributed by atoms with Crippen LogP contribution in [0.2, 0.25) is 0 Å². The second-order valence-electron chi connectivity index (χ2n) is 9.47. The molecule has 3 aromatic rings. The van der Waals surface area contributed by atoms with Crippen molar-refractivity contribution in [3.8, 4) is 11.5 Å². The van der Waals surface area contributed by atoms with Gasteiger partial charge in [0.25, 0.3) is 5.91 Å². The van der Waals surface area contributed by atoms with Crippen LogP contribution in [0.4, 0.5) is 8.78 Å². The third-order valence-electron chi connectivity index (χ3n) is 6.88. The average Bonchev–Trinajstić information content (AvgIpc) is 2.87. The molecule has 0 bridgehead atoms. The molecule has 0 saturated carbocycles. The maximum atomic E-state index is 15.0. The van der Waals surface area contributed by atoms with E-state index in [-0.39, 0.29) is 13.0 Å². The number of carbonyl (C=O) groups is 1. The lowest BCUT2D eigenvalue weighted by Crippen LogP contribution is -2.54. The maximum Gasteiger partial charge on any atom is 0.324 e. The molecule has 3 aromatic carbocycles. The number of carbonyl (C=O) groups excluding carboxylic acids is 1. The summed E-state index contributed by atoms with van der Waals surface area (Å²) in [6.07, 6.45) is -0.731. The van der Waals surface area contributed by atoms with Gasteiger partial charge < -0.3 is 24.8 Å². The number of nitrogens with one attached hydrogen (secondary N) is 1. The highest BCUT2D eigenvalue weighted by molar-refractivity contribution is 5.84. The summed E-state index contributed by atoms with van der Waals surface area (Å²) in [7, 11) is 0. The Morgan fingerprint density at radius 3 is 2.50 bits per heavy atom. The molecular formula is C28H30F2N2O4. The summed E-state index contributed by atoms with van der Waals surface area (Å²) >= 11 is 0. The molecule has 6 nitrogen and oxygen atoms in total. The zero-order valence-corrected chi connectivity index (χ0v) is 20.0. The van der Waals surface area contributed by atoms with Gasteiger partial charge in [0, 0.05) is 13.0 Å². The first-order valence-electron chi connectivity index (χ1n) is 12.4. The summed E-state index contributed by atoms with van der Waals surface area (Å²) in [6, 6.07) is 17.4. The van der Waals surface area contributed by atoms with Gasteiger partial charge in [-0.25, -0.2) is 0 Å². The van der Waals surface area contributed by atoms with E-state index in [1.165, 1.54) is 0 Å². The number of nitrogens with zero attached hydrogens (tertiary/aromatic N) is 1. The molecule has 1 saturated heterocycles. The third-order valence-corrected chi connectivity index (χ3v) is 6.88. The number of aliphatic hydroxyl groups excluding tert-OH is 1. The molecule has 8 heteroatoms. The topological polar surface area (TPSA) is 71.0 Å². The van der Waals surface area contributed by atoms with E-state index in [1.807, 2.05) is 47.4 Å². The van der Waals surface area contributed by atoms with E-state index < -0.39 is 30.4 Å². The first-order valence-corrected chi connectivity index (χ1v) is 12.4. The van der Waals surface area contributed by atoms with Crippen molar-refractivity contribution in [1.29, 1.82) is 0 Å². The van der Waals surface area contributed by atoms with Gasteiger partial charge in [-0.15, -0.1) is 0 Å². The number of hydrogen-bond donors (Lipinski definition) is 2. The molecule has 2 heterocycles. The Balaban J connectivity index is 1.27. The van der Waals surface area contributed by atoms with Crippen molar-refractivity contribution >= 4 is 16.7 Å². The van der Waals surface area contributed by atoms with Gasteiger partial charge in [-0.05, 0) is 60.0 Å². The molecule has 2 N–H and O–H groups in total. The molecule has 2 unspecified atom stereocenters. The van der Waals surface area contributed by atoms with Crippen LogP contribution >= 0.6 is 0 Å². The second kappa shape index (κ2) is 10.4. The predicted octanol–water partition coefficient (Wildman–Crippen LogP) is 4.10. The SMILES string of the molecule is O=C(NC(CN1CCC1)C(O)c1ccc2c(c1)OCCO2)C(F)(F)CCc1ccc2ccccc2c1. The summed E-state index contributed by atoms with van der Waals surface area (Å²) in [4.78, 5) is 14.8. The van der Waals surface area contributed by atoms with Crippen LogP contribution in [0.3, 0.4) is 0 Å². The van der Waals surface area contributed by atoms with Crippen molar-refractivity contribution in [2.45, 2.75) is 37.3 Å². The third kappa shape index (κ3) is 5.44. The minimum atomic E-state index is -3.58. The van der Waals surface area contributed by atoms with Crippen LogP contribution in [0.5, 0.6) is 11.5 Å². The van der Waals surface area contributed by atoms with Crippen LogP contribution < -0.4 is 14.8 Å². The van der Waals surface area contributed by atoms with Gasteiger partial charge in [-0.2, -0.15) is 8.78 Å². The van der Waals surface area contributed by atoms with Crippen LogP contribution in [0.1, 0.15) is 30.1 Å². The lowest BCUT2D eigenvalue weighted by Gasteiger charge is -2.36. The molecule has 5 rings (SSSR count). The van der Waals surface area contributed by atoms with Gasteiger partial charge in [0.2, 0.25) is 0 Å². The fourth-order valence-corrected chi connectivity index (χ4v) is 4.63. The van der Waals surface area contributed by atoms with Gasteiger partial charge in [0.1, 0.15) is 19.3 Å². The fraction of sp³-hybridized carbons (Fsp3) is 0.393. The Morgan fingerprint density at radius 2 is 1.75 bits per heavy atom. The molecular weight excluding hydrogens is 466 g/mol. The highest BCUT2D eigenvalue weighted by atomic mass is 19.3. The molecule has 0 spiro atoms. The standard InChI is InChI=1S/C28H30F2N2O4/c29-28(30,11-10-19-6-7-20-4-1-2-5-21(20)16-19)27(34)31-23(18-32-12-3-13-32)26(33)22-8-9-24-25(17-22)36-15-14-35-24/h1-2,4-9,16-17,23,26,33H,3,10-15,18H2,(H,31,34). The molecule has 0 aliphatic carbocycles. The van der Waals surface area contributed by atoms with E-state index in [2.05, 4.69) is 5.32 Å². The zero-order valence-electron chi connectivity index (χ0n) is 20.0. The first-order chi connectivity index (χ1) is 17.4. The lowest BCUT2D eigenvalue weighted by atomic mass is 9.98. The summed E-state index contributed by atoms with van der Waals surface area (Å²) < 4.78 is 41.0. The molecule has 2 aliphatic rings. The quantitative estimate of drug-likeness (QED) is 0.467. The maximum absolute atomic E-state index is 15.0. The normalized spacial score (nSPS) is 17.3. The molecule has 2 aliphatic heterocycles. The Morgan fingerprint density at radius 1 is 1.00 bits per heavy atom. The van der Waals surface area contributed by atoms with Crippen molar-refractivity contribution < 1.29 is 28.2 Å². The number of aliphatic hydroxyl groups is 1. The van der Waals surface area contributed by atoms with Crippen LogP contribution in [-0.2, 0) is 11.2 Å². The minimum absolute atomic E-state index is 0.0623. The Bertz CT molecular complexity index is 1230. The van der Waals surface area contributed by atoms with E-state index in [0.29, 0.717) is 30.3 Å². The van der Waals surface area contributed by atoms with Crippen LogP contribution in [0.25, 0.3) is 10.8 Å². The highest BCUT2D eigenvalue weighted by Crippen LogP contribution is 2.34. The number of alkyl halides is 2. The van der Waals surface area contributed by atoms with Crippen molar-refractivity contribution in [2.24, 2.45) is 0 Å². The van der Waals surface area contributed by atoms with Gasteiger partial charge in [0.15, 0.2) is 11.5 Å². The van der Waals surface area contributed by atoms with Crippen molar-refractivity contribution in [1.82, 2.24) is 10.2 Å². The number of aryl methyl sites for hydroxylation is 1. The number of fused-ring (bicyclic) bond motifs is 2. The fourth-order valence-electron chi connectivity index (χ4n) is 4.63. The zero-order chi connectivity index (χ0) is 25.1. The number of amides is 1. The number of hydrogen-bond acceptors (Lipinski definition) is 5. The monoisotopic (exact) mass is 496 g/mol. The smallest absolute Gasteiger partial charge is 0.324 e. The first kappa shape index (κ1) is 24.5. The van der Waals surface area contributed by atoms with Gasteiger partial charge in [-0.1, -0.05) is 48.5 Å². The van der Waals surface area contributed by atoms with Crippen molar-refractivity contribution in [3.63, 3.8) is 0 Å². The predicted molar refractivity (Wildman–Crippen MR) is 133 cm³/mol. The number of ether oxygens (including phenoxy) is 2.